The summed E-state index contributed by atoms with van der Waals surface area (Å²) in [7, 11) is 0. The molecule has 2 heterocycles. The van der Waals surface area contributed by atoms with Gasteiger partial charge in [-0.3, -0.25) is 19.3 Å². The SMILES string of the molecule is NC(=O)[C@@H](NC(=O)[C@@H]1CCCC[C@H]1N1CCN(C(=O)c2cccs2)CC1)c1ccccc1. The van der Waals surface area contributed by atoms with E-state index in [1.54, 1.807) is 12.1 Å². The number of nitrogens with zero attached hydrogens (tertiary/aromatic N) is 2. The summed E-state index contributed by atoms with van der Waals surface area (Å²) in [6.07, 6.45) is 3.83. The highest BCUT2D eigenvalue weighted by molar-refractivity contribution is 7.12. The molecule has 0 spiro atoms. The number of thiophene rings is 1. The molecular formula is C24H30N4O3S. The minimum atomic E-state index is -0.827. The first-order valence-corrected chi connectivity index (χ1v) is 12.1. The Morgan fingerprint density at radius 2 is 1.69 bits per heavy atom. The lowest BCUT2D eigenvalue weighted by atomic mass is 9.82. The van der Waals surface area contributed by atoms with Crippen molar-refractivity contribution in [1.82, 2.24) is 15.1 Å². The van der Waals surface area contributed by atoms with E-state index in [1.165, 1.54) is 11.3 Å². The van der Waals surface area contributed by atoms with Gasteiger partial charge in [0.15, 0.2) is 0 Å². The third-order valence-corrected chi connectivity index (χ3v) is 7.43. The maximum absolute atomic E-state index is 13.3. The van der Waals surface area contributed by atoms with Crippen molar-refractivity contribution < 1.29 is 14.4 Å². The Bertz CT molecular complexity index is 926. The van der Waals surface area contributed by atoms with Crippen molar-refractivity contribution in [3.8, 4) is 0 Å². The van der Waals surface area contributed by atoms with E-state index in [0.717, 1.165) is 43.6 Å². The van der Waals surface area contributed by atoms with Gasteiger partial charge in [-0.15, -0.1) is 11.3 Å². The molecule has 8 heteroatoms. The zero-order valence-corrected chi connectivity index (χ0v) is 18.9. The molecule has 2 aliphatic rings. The topological polar surface area (TPSA) is 95.7 Å². The number of nitrogens with one attached hydrogen (secondary N) is 1. The Kier molecular flexibility index (Phi) is 7.22. The van der Waals surface area contributed by atoms with Crippen molar-refractivity contribution in [3.63, 3.8) is 0 Å². The molecule has 1 saturated heterocycles. The van der Waals surface area contributed by atoms with E-state index in [1.807, 2.05) is 40.6 Å². The summed E-state index contributed by atoms with van der Waals surface area (Å²) < 4.78 is 0. The molecule has 32 heavy (non-hydrogen) atoms. The average Bonchev–Trinajstić information content (AvgIpc) is 3.37. The van der Waals surface area contributed by atoms with Crippen molar-refractivity contribution >= 4 is 29.1 Å². The fourth-order valence-electron chi connectivity index (χ4n) is 4.88. The van der Waals surface area contributed by atoms with Gasteiger partial charge in [0.2, 0.25) is 11.8 Å². The summed E-state index contributed by atoms with van der Waals surface area (Å²) in [6, 6.07) is 12.2. The van der Waals surface area contributed by atoms with Gasteiger partial charge < -0.3 is 16.0 Å². The number of amides is 3. The first kappa shape index (κ1) is 22.5. The van der Waals surface area contributed by atoms with E-state index in [2.05, 4.69) is 10.2 Å². The summed E-state index contributed by atoms with van der Waals surface area (Å²) in [4.78, 5) is 43.0. The Morgan fingerprint density at radius 3 is 2.34 bits per heavy atom. The van der Waals surface area contributed by atoms with Crippen LogP contribution < -0.4 is 11.1 Å². The van der Waals surface area contributed by atoms with Crippen LogP contribution in [-0.4, -0.2) is 59.7 Å². The molecule has 0 bridgehead atoms. The maximum atomic E-state index is 13.3. The quantitative estimate of drug-likeness (QED) is 0.701. The van der Waals surface area contributed by atoms with Crippen LogP contribution in [-0.2, 0) is 9.59 Å². The number of hydrogen-bond acceptors (Lipinski definition) is 5. The lowest BCUT2D eigenvalue weighted by Crippen LogP contribution is -2.56. The van der Waals surface area contributed by atoms with E-state index < -0.39 is 11.9 Å². The summed E-state index contributed by atoms with van der Waals surface area (Å²) in [5.74, 6) is -0.768. The van der Waals surface area contributed by atoms with Crippen molar-refractivity contribution in [2.75, 3.05) is 26.2 Å². The molecule has 170 valence electrons. The zero-order valence-electron chi connectivity index (χ0n) is 18.1. The number of carbonyl (C=O) groups excluding carboxylic acids is 3. The summed E-state index contributed by atoms with van der Waals surface area (Å²) in [5, 5.41) is 4.83. The van der Waals surface area contributed by atoms with Gasteiger partial charge in [-0.25, -0.2) is 0 Å². The number of piperazine rings is 1. The van der Waals surface area contributed by atoms with Gasteiger partial charge in [-0.05, 0) is 29.9 Å². The number of nitrogens with two attached hydrogens (primary N) is 1. The predicted octanol–water partition coefficient (Wildman–Crippen LogP) is 2.41. The van der Waals surface area contributed by atoms with Gasteiger partial charge in [0.25, 0.3) is 5.91 Å². The Hall–Kier alpha value is -2.71. The number of rotatable bonds is 6. The fraction of sp³-hybridized carbons (Fsp3) is 0.458. The molecule has 2 aromatic rings. The number of hydrogen-bond donors (Lipinski definition) is 2. The molecule has 1 aliphatic carbocycles. The molecule has 7 nitrogen and oxygen atoms in total. The van der Waals surface area contributed by atoms with Crippen LogP contribution in [0.3, 0.4) is 0 Å². The number of carbonyl (C=O) groups is 3. The summed E-state index contributed by atoms with van der Waals surface area (Å²) >= 11 is 1.47. The van der Waals surface area contributed by atoms with Crippen LogP contribution in [0.25, 0.3) is 0 Å². The molecule has 1 aromatic heterocycles. The van der Waals surface area contributed by atoms with E-state index >= 15 is 0 Å². The lowest BCUT2D eigenvalue weighted by molar-refractivity contribution is -0.133. The molecule has 3 N–H and O–H groups in total. The minimum Gasteiger partial charge on any atom is -0.368 e. The second-order valence-corrected chi connectivity index (χ2v) is 9.47. The number of benzene rings is 1. The average molecular weight is 455 g/mol. The summed E-state index contributed by atoms with van der Waals surface area (Å²) in [6.45, 7) is 2.83. The monoisotopic (exact) mass is 454 g/mol. The second kappa shape index (κ2) is 10.3. The van der Waals surface area contributed by atoms with Crippen LogP contribution >= 0.6 is 11.3 Å². The van der Waals surface area contributed by atoms with Crippen LogP contribution in [0.2, 0.25) is 0 Å². The molecule has 0 radical (unpaired) electrons. The molecule has 1 saturated carbocycles. The van der Waals surface area contributed by atoms with Crippen molar-refractivity contribution in [3.05, 3.63) is 58.3 Å². The zero-order chi connectivity index (χ0) is 22.5. The lowest BCUT2D eigenvalue weighted by Gasteiger charge is -2.43. The van der Waals surface area contributed by atoms with Gasteiger partial charge >= 0.3 is 0 Å². The predicted molar refractivity (Wildman–Crippen MR) is 124 cm³/mol. The first-order chi connectivity index (χ1) is 15.5. The van der Waals surface area contributed by atoms with Crippen molar-refractivity contribution in [2.24, 2.45) is 11.7 Å². The standard InChI is InChI=1S/C24H30N4O3S/c25-22(29)21(17-7-2-1-3-8-17)26-23(30)18-9-4-5-10-19(18)27-12-14-28(15-13-27)24(31)20-11-6-16-32-20/h1-3,6-8,11,16,18-19,21H,4-5,9-10,12-15H2,(H2,25,29)(H,26,30)/t18-,19-,21+/m1/s1. The molecule has 4 rings (SSSR count). The molecular weight excluding hydrogens is 424 g/mol. The molecule has 3 atom stereocenters. The van der Waals surface area contributed by atoms with Gasteiger partial charge in [0.05, 0.1) is 10.8 Å². The number of primary amides is 1. The van der Waals surface area contributed by atoms with E-state index in [0.29, 0.717) is 18.7 Å². The van der Waals surface area contributed by atoms with Crippen molar-refractivity contribution in [2.45, 2.75) is 37.8 Å². The van der Waals surface area contributed by atoms with Crippen LogP contribution in [0.5, 0.6) is 0 Å². The Balaban J connectivity index is 1.40. The molecule has 2 fully saturated rings. The largest absolute Gasteiger partial charge is 0.368 e. The third kappa shape index (κ3) is 5.02. The smallest absolute Gasteiger partial charge is 0.264 e. The van der Waals surface area contributed by atoms with Gasteiger partial charge in [-0.2, -0.15) is 0 Å². The Labute approximate surface area is 192 Å². The van der Waals surface area contributed by atoms with Crippen LogP contribution in [0.1, 0.15) is 47.0 Å². The van der Waals surface area contributed by atoms with Gasteiger partial charge in [-0.1, -0.05) is 49.2 Å². The van der Waals surface area contributed by atoms with E-state index in [-0.39, 0.29) is 23.8 Å². The molecule has 3 amide bonds. The summed E-state index contributed by atoms with van der Waals surface area (Å²) in [5.41, 5.74) is 6.30. The van der Waals surface area contributed by atoms with Crippen LogP contribution in [0.15, 0.2) is 47.8 Å². The molecule has 1 aromatic carbocycles. The van der Waals surface area contributed by atoms with Crippen molar-refractivity contribution in [1.29, 1.82) is 0 Å². The highest BCUT2D eigenvalue weighted by Crippen LogP contribution is 2.30. The van der Waals surface area contributed by atoms with E-state index in [9.17, 15) is 14.4 Å². The normalized spacial score (nSPS) is 22.8. The highest BCUT2D eigenvalue weighted by atomic mass is 32.1. The van der Waals surface area contributed by atoms with Crippen LogP contribution in [0.4, 0.5) is 0 Å². The molecule has 1 aliphatic heterocycles. The fourth-order valence-corrected chi connectivity index (χ4v) is 5.57. The minimum absolute atomic E-state index is 0.0877. The third-order valence-electron chi connectivity index (χ3n) is 6.57. The second-order valence-electron chi connectivity index (χ2n) is 8.52. The first-order valence-electron chi connectivity index (χ1n) is 11.3. The van der Waals surface area contributed by atoms with Gasteiger partial charge in [0.1, 0.15) is 6.04 Å². The molecule has 0 unspecified atom stereocenters. The van der Waals surface area contributed by atoms with E-state index in [4.69, 9.17) is 5.73 Å². The van der Waals surface area contributed by atoms with Gasteiger partial charge in [0, 0.05) is 32.2 Å². The van der Waals surface area contributed by atoms with Crippen LogP contribution in [0, 0.1) is 5.92 Å². The maximum Gasteiger partial charge on any atom is 0.264 e. The highest BCUT2D eigenvalue weighted by Gasteiger charge is 2.38. The Morgan fingerprint density at radius 1 is 0.969 bits per heavy atom.